The summed E-state index contributed by atoms with van der Waals surface area (Å²) < 4.78 is 38.3. The molecule has 4 nitrogen and oxygen atoms in total. The fraction of sp³-hybridized carbons (Fsp3) is 0.412. The summed E-state index contributed by atoms with van der Waals surface area (Å²) in [6.45, 7) is 1.44. The Morgan fingerprint density at radius 1 is 1.29 bits per heavy atom. The van der Waals surface area contributed by atoms with Crippen LogP contribution in [0.25, 0.3) is 0 Å². The van der Waals surface area contributed by atoms with Gasteiger partial charge in [-0.3, -0.25) is 0 Å². The van der Waals surface area contributed by atoms with E-state index in [1.54, 1.807) is 0 Å². The minimum atomic E-state index is -3.50. The molecule has 128 valence electrons. The van der Waals surface area contributed by atoms with Crippen molar-refractivity contribution >= 4 is 26.2 Å². The van der Waals surface area contributed by atoms with Crippen molar-refractivity contribution in [3.05, 3.63) is 46.5 Å². The van der Waals surface area contributed by atoms with E-state index in [1.165, 1.54) is 22.5 Å². The highest BCUT2D eigenvalue weighted by Gasteiger charge is 2.41. The Kier molecular flexibility index (Phi) is 3.71. The lowest BCUT2D eigenvalue weighted by molar-refractivity contribution is 0.0910. The summed E-state index contributed by atoms with van der Waals surface area (Å²) in [5.74, 6) is 0. The lowest BCUT2D eigenvalue weighted by atomic mass is 10.00. The summed E-state index contributed by atoms with van der Waals surface area (Å²) in [4.78, 5) is 2.12. The molecule has 0 unspecified atom stereocenters. The zero-order valence-electron chi connectivity index (χ0n) is 13.2. The van der Waals surface area contributed by atoms with Gasteiger partial charge in [-0.2, -0.15) is 0 Å². The van der Waals surface area contributed by atoms with Gasteiger partial charge in [-0.25, -0.2) is 12.8 Å². The van der Waals surface area contributed by atoms with Crippen molar-refractivity contribution in [2.24, 2.45) is 0 Å². The first-order valence-electron chi connectivity index (χ1n) is 7.85. The normalized spacial score (nSPS) is 23.2. The van der Waals surface area contributed by atoms with Gasteiger partial charge in [0, 0.05) is 31.3 Å². The van der Waals surface area contributed by atoms with Crippen LogP contribution in [0.2, 0.25) is 0 Å². The molecule has 7 heteroatoms. The quantitative estimate of drug-likeness (QED) is 0.887. The van der Waals surface area contributed by atoms with Crippen LogP contribution in [0.15, 0.2) is 28.5 Å². The van der Waals surface area contributed by atoms with Crippen LogP contribution in [0.1, 0.15) is 28.4 Å². The van der Waals surface area contributed by atoms with Crippen molar-refractivity contribution in [3.63, 3.8) is 0 Å². The molecule has 2 aromatic rings. The summed E-state index contributed by atoms with van der Waals surface area (Å²) in [5.41, 5.74) is 3.46. The number of aliphatic hydroxyl groups excluding tert-OH is 1. The molecule has 2 atom stereocenters. The Balaban J connectivity index is 1.80. The zero-order valence-corrected chi connectivity index (χ0v) is 14.8. The molecule has 0 bridgehead atoms. The monoisotopic (exact) mass is 367 g/mol. The lowest BCUT2D eigenvalue weighted by Crippen LogP contribution is -2.30. The van der Waals surface area contributed by atoms with E-state index in [9.17, 15) is 17.9 Å². The van der Waals surface area contributed by atoms with Crippen LogP contribution in [-0.2, 0) is 29.2 Å². The molecular formula is C17H18FNO3S2. The van der Waals surface area contributed by atoms with Crippen molar-refractivity contribution < 1.29 is 17.9 Å². The number of halogens is 1. The summed E-state index contributed by atoms with van der Waals surface area (Å²) in [6.07, 6.45) is -0.701. The van der Waals surface area contributed by atoms with E-state index in [0.29, 0.717) is 12.1 Å². The first-order valence-corrected chi connectivity index (χ1v) is 10.6. The number of hydrogen-bond donors (Lipinski definition) is 1. The fourth-order valence-electron chi connectivity index (χ4n) is 3.63. The fourth-order valence-corrected chi connectivity index (χ4v) is 6.24. The summed E-state index contributed by atoms with van der Waals surface area (Å²) in [6, 6.07) is 8.18. The first-order chi connectivity index (χ1) is 11.4. The summed E-state index contributed by atoms with van der Waals surface area (Å²) >= 11 is 1.17. The number of rotatable bonds is 2. The molecule has 4 rings (SSSR count). The number of anilines is 1. The molecule has 0 spiro atoms. The topological polar surface area (TPSA) is 57.6 Å². The highest BCUT2D eigenvalue weighted by atomic mass is 32.2. The average molecular weight is 367 g/mol. The Hall–Kier alpha value is -1.44. The second kappa shape index (κ2) is 5.54. The van der Waals surface area contributed by atoms with E-state index in [4.69, 9.17) is 0 Å². The van der Waals surface area contributed by atoms with E-state index in [-0.39, 0.29) is 16.2 Å². The van der Waals surface area contributed by atoms with E-state index in [1.807, 2.05) is 12.1 Å². The van der Waals surface area contributed by atoms with Crippen molar-refractivity contribution in [2.75, 3.05) is 17.7 Å². The molecule has 0 amide bonds. The molecule has 0 saturated heterocycles. The van der Waals surface area contributed by atoms with Gasteiger partial charge in [-0.1, -0.05) is 24.3 Å². The Morgan fingerprint density at radius 2 is 2.00 bits per heavy atom. The van der Waals surface area contributed by atoms with Crippen LogP contribution in [-0.4, -0.2) is 32.5 Å². The van der Waals surface area contributed by atoms with Gasteiger partial charge in [0.05, 0.1) is 5.00 Å². The predicted octanol–water partition coefficient (Wildman–Crippen LogP) is 2.64. The maximum absolute atomic E-state index is 14.0. The highest BCUT2D eigenvalue weighted by molar-refractivity contribution is 7.92. The second-order valence-electron chi connectivity index (χ2n) is 6.46. The number of sulfone groups is 1. The van der Waals surface area contributed by atoms with Gasteiger partial charge in [0.25, 0.3) is 0 Å². The Bertz CT molecular complexity index is 907. The van der Waals surface area contributed by atoms with E-state index in [2.05, 4.69) is 17.0 Å². The van der Waals surface area contributed by atoms with Gasteiger partial charge < -0.3 is 10.0 Å². The van der Waals surface area contributed by atoms with Crippen LogP contribution < -0.4 is 4.90 Å². The zero-order chi connectivity index (χ0) is 17.1. The SMILES string of the molecule is CS(=O)(=O)c1sc(N2CCc3ccccc3C2)c2c1[C@H](O)[C@@H](F)C2. The van der Waals surface area contributed by atoms with Gasteiger partial charge in [-0.05, 0) is 23.1 Å². The molecule has 1 aromatic heterocycles. The van der Waals surface area contributed by atoms with E-state index >= 15 is 0 Å². The number of alkyl halides is 1. The van der Waals surface area contributed by atoms with Gasteiger partial charge in [0.2, 0.25) is 0 Å². The van der Waals surface area contributed by atoms with E-state index in [0.717, 1.165) is 24.2 Å². The third-order valence-corrected chi connectivity index (χ3v) is 7.94. The minimum Gasteiger partial charge on any atom is -0.385 e. The number of nitrogens with zero attached hydrogens (tertiary/aromatic N) is 1. The van der Waals surface area contributed by atoms with Crippen molar-refractivity contribution in [1.82, 2.24) is 0 Å². The molecule has 0 radical (unpaired) electrons. The van der Waals surface area contributed by atoms with Crippen molar-refractivity contribution in [1.29, 1.82) is 0 Å². The Morgan fingerprint density at radius 3 is 2.71 bits per heavy atom. The van der Waals surface area contributed by atoms with Gasteiger partial charge in [0.15, 0.2) is 9.84 Å². The number of fused-ring (bicyclic) bond motifs is 2. The standard InChI is InChI=1S/C17H18FNO3S2/c1-24(21,22)17-14-12(8-13(18)15(14)20)16(23-17)19-7-6-10-4-2-3-5-11(10)9-19/h2-5,13,15,20H,6-9H2,1H3/t13-,15+/m0/s1. The van der Waals surface area contributed by atoms with E-state index < -0.39 is 22.1 Å². The van der Waals surface area contributed by atoms with Crippen LogP contribution in [0.4, 0.5) is 9.39 Å². The van der Waals surface area contributed by atoms with Crippen LogP contribution in [0, 0.1) is 0 Å². The molecule has 1 aliphatic heterocycles. The molecule has 0 fully saturated rings. The van der Waals surface area contributed by atoms with Gasteiger partial charge in [-0.15, -0.1) is 11.3 Å². The molecule has 0 saturated carbocycles. The molecule has 2 heterocycles. The molecule has 1 aliphatic carbocycles. The van der Waals surface area contributed by atoms with Crippen LogP contribution >= 0.6 is 11.3 Å². The van der Waals surface area contributed by atoms with Crippen molar-refractivity contribution in [3.8, 4) is 0 Å². The smallest absolute Gasteiger partial charge is 0.185 e. The minimum absolute atomic E-state index is 0.0794. The summed E-state index contributed by atoms with van der Waals surface area (Å²) in [5, 5.41) is 10.9. The average Bonchev–Trinajstić information content (AvgIpc) is 3.05. The first kappa shape index (κ1) is 16.1. The predicted molar refractivity (Wildman–Crippen MR) is 92.2 cm³/mol. The van der Waals surface area contributed by atoms with Gasteiger partial charge >= 0.3 is 0 Å². The number of thiophene rings is 1. The molecule has 2 aliphatic rings. The number of aliphatic hydroxyl groups is 1. The molecule has 24 heavy (non-hydrogen) atoms. The van der Waals surface area contributed by atoms with Crippen LogP contribution in [0.5, 0.6) is 0 Å². The van der Waals surface area contributed by atoms with Crippen molar-refractivity contribution in [2.45, 2.75) is 35.9 Å². The number of benzene rings is 1. The van der Waals surface area contributed by atoms with Crippen LogP contribution in [0.3, 0.4) is 0 Å². The highest BCUT2D eigenvalue weighted by Crippen LogP contribution is 2.49. The van der Waals surface area contributed by atoms with Gasteiger partial charge in [0.1, 0.15) is 16.5 Å². The third-order valence-electron chi connectivity index (χ3n) is 4.78. The lowest BCUT2D eigenvalue weighted by Gasteiger charge is -2.30. The summed E-state index contributed by atoms with van der Waals surface area (Å²) in [7, 11) is -3.50. The molecule has 1 aromatic carbocycles. The third kappa shape index (κ3) is 2.46. The maximum Gasteiger partial charge on any atom is 0.185 e. The second-order valence-corrected chi connectivity index (χ2v) is 9.67. The molecular weight excluding hydrogens is 349 g/mol. The largest absolute Gasteiger partial charge is 0.385 e. The Labute approximate surface area is 144 Å². The molecule has 1 N–H and O–H groups in total. The maximum atomic E-state index is 14.0. The number of hydrogen-bond acceptors (Lipinski definition) is 5.